The normalized spacial score (nSPS) is 19.8. The Morgan fingerprint density at radius 2 is 2.45 bits per heavy atom. The highest BCUT2D eigenvalue weighted by Gasteiger charge is 2.29. The van der Waals surface area contributed by atoms with Crippen LogP contribution in [0.15, 0.2) is 11.4 Å². The molecule has 2 aromatic rings. The largest absolute Gasteiger partial charge is 0.313 e. The van der Waals surface area contributed by atoms with E-state index in [2.05, 4.69) is 39.1 Å². The molecule has 3 rings (SSSR count). The Morgan fingerprint density at radius 3 is 3.20 bits per heavy atom. The zero-order valence-corrected chi connectivity index (χ0v) is 12.9. The van der Waals surface area contributed by atoms with Gasteiger partial charge in [-0.1, -0.05) is 6.92 Å². The van der Waals surface area contributed by atoms with Gasteiger partial charge in [0.1, 0.15) is 0 Å². The lowest BCUT2D eigenvalue weighted by Gasteiger charge is -2.30. The van der Waals surface area contributed by atoms with Gasteiger partial charge >= 0.3 is 0 Å². The van der Waals surface area contributed by atoms with Crippen LogP contribution in [0.1, 0.15) is 41.9 Å². The Balaban J connectivity index is 1.81. The van der Waals surface area contributed by atoms with Crippen molar-refractivity contribution in [2.75, 3.05) is 6.54 Å². The van der Waals surface area contributed by atoms with Gasteiger partial charge < -0.3 is 5.32 Å². The van der Waals surface area contributed by atoms with Gasteiger partial charge in [-0.3, -0.25) is 0 Å². The molecule has 2 atom stereocenters. The van der Waals surface area contributed by atoms with Crippen molar-refractivity contribution in [1.82, 2.24) is 25.5 Å². The van der Waals surface area contributed by atoms with Crippen LogP contribution in [0.25, 0.3) is 0 Å². The molecule has 6 heteroatoms. The van der Waals surface area contributed by atoms with Gasteiger partial charge in [-0.25, -0.2) is 0 Å². The SMILES string of the molecule is CCNC(Cc1nnn(C)n1)C1CCCc2sccc21. The number of nitrogens with one attached hydrogen (secondary N) is 1. The fourth-order valence-electron chi connectivity index (χ4n) is 3.16. The van der Waals surface area contributed by atoms with Crippen LogP contribution in [0.3, 0.4) is 0 Å². The highest BCUT2D eigenvalue weighted by molar-refractivity contribution is 7.10. The van der Waals surface area contributed by atoms with Gasteiger partial charge in [-0.2, -0.15) is 4.80 Å². The average molecular weight is 291 g/mol. The van der Waals surface area contributed by atoms with E-state index < -0.39 is 0 Å². The van der Waals surface area contributed by atoms with E-state index in [0.717, 1.165) is 18.8 Å². The minimum atomic E-state index is 0.401. The first-order valence-electron chi connectivity index (χ1n) is 7.30. The predicted octanol–water partition coefficient (Wildman–Crippen LogP) is 1.91. The first-order valence-corrected chi connectivity index (χ1v) is 8.18. The van der Waals surface area contributed by atoms with Crippen LogP contribution in [0, 0.1) is 0 Å². The number of rotatable bonds is 5. The third-order valence-corrected chi connectivity index (χ3v) is 5.00. The van der Waals surface area contributed by atoms with Crippen LogP contribution >= 0.6 is 11.3 Å². The predicted molar refractivity (Wildman–Crippen MR) is 80.0 cm³/mol. The third-order valence-electron chi connectivity index (χ3n) is 4.00. The Labute approximate surface area is 123 Å². The standard InChI is InChI=1S/C14H21N5S/c1-3-15-12(9-14-16-18-19(2)17-14)10-5-4-6-13-11(10)7-8-20-13/h7-8,10,12,15H,3-6,9H2,1-2H3. The second-order valence-electron chi connectivity index (χ2n) is 5.36. The first kappa shape index (κ1) is 13.7. The van der Waals surface area contributed by atoms with E-state index in [1.165, 1.54) is 29.6 Å². The number of nitrogens with zero attached hydrogens (tertiary/aromatic N) is 4. The van der Waals surface area contributed by atoms with Gasteiger partial charge in [0.2, 0.25) is 0 Å². The second kappa shape index (κ2) is 6.01. The van der Waals surface area contributed by atoms with E-state index in [1.54, 1.807) is 4.88 Å². The highest BCUT2D eigenvalue weighted by Crippen LogP contribution is 2.37. The summed E-state index contributed by atoms with van der Waals surface area (Å²) in [5, 5.41) is 18.3. The average Bonchev–Trinajstić information content (AvgIpc) is 3.06. The van der Waals surface area contributed by atoms with Crippen molar-refractivity contribution in [3.8, 4) is 0 Å². The molecule has 2 aromatic heterocycles. The quantitative estimate of drug-likeness (QED) is 0.914. The summed E-state index contributed by atoms with van der Waals surface area (Å²) < 4.78 is 0. The summed E-state index contributed by atoms with van der Waals surface area (Å²) in [6, 6.07) is 2.70. The molecule has 1 aliphatic carbocycles. The van der Waals surface area contributed by atoms with Crippen LogP contribution in [0.5, 0.6) is 0 Å². The zero-order chi connectivity index (χ0) is 13.9. The molecule has 1 aliphatic rings. The smallest absolute Gasteiger partial charge is 0.176 e. The molecule has 0 spiro atoms. The van der Waals surface area contributed by atoms with Gasteiger partial charge in [0.05, 0.1) is 7.05 Å². The summed E-state index contributed by atoms with van der Waals surface area (Å²) >= 11 is 1.90. The van der Waals surface area contributed by atoms with Gasteiger partial charge in [0.25, 0.3) is 0 Å². The molecule has 0 saturated carbocycles. The third kappa shape index (κ3) is 2.76. The van der Waals surface area contributed by atoms with E-state index in [0.29, 0.717) is 12.0 Å². The van der Waals surface area contributed by atoms with Crippen molar-refractivity contribution < 1.29 is 0 Å². The van der Waals surface area contributed by atoms with E-state index >= 15 is 0 Å². The van der Waals surface area contributed by atoms with Crippen LogP contribution in [0.2, 0.25) is 0 Å². The summed E-state index contributed by atoms with van der Waals surface area (Å²) in [5.74, 6) is 1.41. The number of aryl methyl sites for hydroxylation is 2. The van der Waals surface area contributed by atoms with E-state index in [9.17, 15) is 0 Å². The molecule has 5 nitrogen and oxygen atoms in total. The maximum Gasteiger partial charge on any atom is 0.176 e. The maximum atomic E-state index is 4.33. The van der Waals surface area contributed by atoms with Crippen molar-refractivity contribution in [3.63, 3.8) is 0 Å². The summed E-state index contributed by atoms with van der Waals surface area (Å²) in [6.07, 6.45) is 4.63. The topological polar surface area (TPSA) is 55.6 Å². The van der Waals surface area contributed by atoms with Crippen LogP contribution in [-0.4, -0.2) is 32.8 Å². The number of aromatic nitrogens is 4. The molecule has 0 saturated heterocycles. The van der Waals surface area contributed by atoms with Gasteiger partial charge in [-0.05, 0) is 48.0 Å². The molecule has 0 aromatic carbocycles. The minimum absolute atomic E-state index is 0.401. The lowest BCUT2D eigenvalue weighted by Crippen LogP contribution is -2.38. The fourth-order valence-corrected chi connectivity index (χ4v) is 4.16. The van der Waals surface area contributed by atoms with Crippen molar-refractivity contribution in [2.24, 2.45) is 7.05 Å². The molecule has 0 radical (unpaired) electrons. The molecule has 0 aliphatic heterocycles. The Morgan fingerprint density at radius 1 is 1.55 bits per heavy atom. The van der Waals surface area contributed by atoms with Crippen molar-refractivity contribution in [1.29, 1.82) is 0 Å². The number of hydrogen-bond acceptors (Lipinski definition) is 5. The summed E-state index contributed by atoms with van der Waals surface area (Å²) in [5.41, 5.74) is 1.54. The number of fused-ring (bicyclic) bond motifs is 1. The first-order chi connectivity index (χ1) is 9.78. The van der Waals surface area contributed by atoms with Crippen molar-refractivity contribution in [2.45, 2.75) is 44.6 Å². The van der Waals surface area contributed by atoms with Crippen LogP contribution < -0.4 is 5.32 Å². The summed E-state index contributed by atoms with van der Waals surface area (Å²) in [4.78, 5) is 3.10. The van der Waals surface area contributed by atoms with Gasteiger partial charge in [0, 0.05) is 23.3 Å². The zero-order valence-electron chi connectivity index (χ0n) is 12.0. The second-order valence-corrected chi connectivity index (χ2v) is 6.36. The molecule has 0 bridgehead atoms. The monoisotopic (exact) mass is 291 g/mol. The lowest BCUT2D eigenvalue weighted by atomic mass is 9.81. The molecule has 20 heavy (non-hydrogen) atoms. The Kier molecular flexibility index (Phi) is 4.12. The van der Waals surface area contributed by atoms with E-state index in [-0.39, 0.29) is 0 Å². The molecule has 0 fully saturated rings. The van der Waals surface area contributed by atoms with Gasteiger partial charge in [0.15, 0.2) is 5.82 Å². The molecule has 0 amide bonds. The molecular weight excluding hydrogens is 270 g/mol. The Hall–Kier alpha value is -1.27. The molecular formula is C14H21N5S. The summed E-state index contributed by atoms with van der Waals surface area (Å²) in [7, 11) is 1.82. The molecule has 2 heterocycles. The summed E-state index contributed by atoms with van der Waals surface area (Å²) in [6.45, 7) is 3.13. The minimum Gasteiger partial charge on any atom is -0.313 e. The van der Waals surface area contributed by atoms with Crippen molar-refractivity contribution >= 4 is 11.3 Å². The highest BCUT2D eigenvalue weighted by atomic mass is 32.1. The molecule has 2 unspecified atom stereocenters. The van der Waals surface area contributed by atoms with Crippen molar-refractivity contribution in [3.05, 3.63) is 27.7 Å². The number of tetrazole rings is 1. The van der Waals surface area contributed by atoms with Crippen LogP contribution in [0.4, 0.5) is 0 Å². The number of hydrogen-bond donors (Lipinski definition) is 1. The van der Waals surface area contributed by atoms with E-state index in [4.69, 9.17) is 0 Å². The molecule has 1 N–H and O–H groups in total. The fraction of sp³-hybridized carbons (Fsp3) is 0.643. The van der Waals surface area contributed by atoms with Crippen LogP contribution in [-0.2, 0) is 19.9 Å². The number of thiophene rings is 1. The van der Waals surface area contributed by atoms with E-state index in [1.807, 2.05) is 18.4 Å². The molecule has 108 valence electrons. The van der Waals surface area contributed by atoms with Gasteiger partial charge in [-0.15, -0.1) is 21.5 Å². The Bertz CT molecular complexity index is 561. The lowest BCUT2D eigenvalue weighted by molar-refractivity contribution is 0.392. The number of likely N-dealkylation sites (N-methyl/N-ethyl adjacent to an activating group) is 1. The maximum absolute atomic E-state index is 4.33.